The van der Waals surface area contributed by atoms with Gasteiger partial charge in [0.25, 0.3) is 5.91 Å². The van der Waals surface area contributed by atoms with Gasteiger partial charge in [0.15, 0.2) is 5.76 Å². The lowest BCUT2D eigenvalue weighted by Crippen LogP contribution is -2.10. The Bertz CT molecular complexity index is 810. The van der Waals surface area contributed by atoms with E-state index in [9.17, 15) is 4.79 Å². The zero-order valence-electron chi connectivity index (χ0n) is 11.3. The number of nitrogens with one attached hydrogen (secondary N) is 1. The average molecular weight is 332 g/mol. The third-order valence-corrected chi connectivity index (χ3v) is 3.65. The molecule has 0 aliphatic carbocycles. The Morgan fingerprint density at radius 3 is 2.36 bits per heavy atom. The standard InChI is InChI=1S/C17H11Cl2NO2/c18-11-5-7-12(8-6-11)20-17(21)16-10-9-15(22-16)13-3-1-2-4-14(13)19/h1-10H,(H,20,21). The summed E-state index contributed by atoms with van der Waals surface area (Å²) in [6.45, 7) is 0. The predicted octanol–water partition coefficient (Wildman–Crippen LogP) is 5.51. The molecule has 0 saturated heterocycles. The fourth-order valence-corrected chi connectivity index (χ4v) is 2.35. The molecule has 0 radical (unpaired) electrons. The van der Waals surface area contributed by atoms with Gasteiger partial charge in [-0.3, -0.25) is 4.79 Å². The number of halogens is 2. The smallest absolute Gasteiger partial charge is 0.291 e. The molecule has 0 atom stereocenters. The summed E-state index contributed by atoms with van der Waals surface area (Å²) in [7, 11) is 0. The summed E-state index contributed by atoms with van der Waals surface area (Å²) in [5.74, 6) is 0.428. The topological polar surface area (TPSA) is 42.2 Å². The van der Waals surface area contributed by atoms with Gasteiger partial charge in [0.05, 0.1) is 5.02 Å². The second-order valence-electron chi connectivity index (χ2n) is 4.60. The first-order valence-corrected chi connectivity index (χ1v) is 7.31. The van der Waals surface area contributed by atoms with Crippen molar-refractivity contribution in [3.63, 3.8) is 0 Å². The van der Waals surface area contributed by atoms with E-state index < -0.39 is 0 Å². The van der Waals surface area contributed by atoms with Crippen LogP contribution in [-0.2, 0) is 0 Å². The van der Waals surface area contributed by atoms with Gasteiger partial charge >= 0.3 is 0 Å². The Labute approximate surface area is 137 Å². The lowest BCUT2D eigenvalue weighted by atomic mass is 10.2. The largest absolute Gasteiger partial charge is 0.451 e. The van der Waals surface area contributed by atoms with Crippen LogP contribution in [0.3, 0.4) is 0 Å². The Balaban J connectivity index is 1.80. The van der Waals surface area contributed by atoms with Crippen molar-refractivity contribution in [2.75, 3.05) is 5.32 Å². The van der Waals surface area contributed by atoms with Crippen molar-refractivity contribution in [2.24, 2.45) is 0 Å². The number of amides is 1. The van der Waals surface area contributed by atoms with E-state index in [0.29, 0.717) is 21.5 Å². The summed E-state index contributed by atoms with van der Waals surface area (Å²) in [4.78, 5) is 12.2. The van der Waals surface area contributed by atoms with E-state index in [1.165, 1.54) is 0 Å². The molecule has 3 rings (SSSR count). The molecule has 0 aliphatic rings. The van der Waals surface area contributed by atoms with E-state index in [-0.39, 0.29) is 11.7 Å². The monoisotopic (exact) mass is 331 g/mol. The molecule has 0 spiro atoms. The van der Waals surface area contributed by atoms with Crippen molar-refractivity contribution < 1.29 is 9.21 Å². The maximum Gasteiger partial charge on any atom is 0.291 e. The molecular weight excluding hydrogens is 321 g/mol. The van der Waals surface area contributed by atoms with E-state index in [1.807, 2.05) is 18.2 Å². The minimum Gasteiger partial charge on any atom is -0.451 e. The molecule has 0 unspecified atom stereocenters. The van der Waals surface area contributed by atoms with Crippen LogP contribution in [0, 0.1) is 0 Å². The number of carbonyl (C=O) groups excluding carboxylic acids is 1. The lowest BCUT2D eigenvalue weighted by Gasteiger charge is -2.03. The summed E-state index contributed by atoms with van der Waals surface area (Å²) >= 11 is 11.9. The van der Waals surface area contributed by atoms with Gasteiger partial charge in [-0.05, 0) is 48.5 Å². The molecule has 22 heavy (non-hydrogen) atoms. The van der Waals surface area contributed by atoms with E-state index in [1.54, 1.807) is 42.5 Å². The normalized spacial score (nSPS) is 10.5. The number of hydrogen-bond donors (Lipinski definition) is 1. The molecule has 1 amide bonds. The summed E-state index contributed by atoms with van der Waals surface area (Å²) < 4.78 is 5.59. The van der Waals surface area contributed by atoms with Crippen LogP contribution in [-0.4, -0.2) is 5.91 Å². The number of anilines is 1. The Morgan fingerprint density at radius 2 is 1.64 bits per heavy atom. The molecule has 0 aliphatic heterocycles. The van der Waals surface area contributed by atoms with E-state index in [0.717, 1.165) is 5.56 Å². The SMILES string of the molecule is O=C(Nc1ccc(Cl)cc1)c1ccc(-c2ccccc2Cl)o1. The van der Waals surface area contributed by atoms with Crippen LogP contribution in [0.1, 0.15) is 10.6 Å². The van der Waals surface area contributed by atoms with Gasteiger partial charge in [-0.15, -0.1) is 0 Å². The molecule has 5 heteroatoms. The first-order valence-electron chi connectivity index (χ1n) is 6.55. The first-order chi connectivity index (χ1) is 10.6. The maximum absolute atomic E-state index is 12.2. The Morgan fingerprint density at radius 1 is 0.909 bits per heavy atom. The number of benzene rings is 2. The molecule has 1 N–H and O–H groups in total. The molecule has 0 saturated carbocycles. The zero-order chi connectivity index (χ0) is 15.5. The highest BCUT2D eigenvalue weighted by Gasteiger charge is 2.13. The minimum atomic E-state index is -0.333. The van der Waals surface area contributed by atoms with Crippen LogP contribution in [0.4, 0.5) is 5.69 Å². The molecule has 110 valence electrons. The van der Waals surface area contributed by atoms with Crippen LogP contribution >= 0.6 is 23.2 Å². The molecular formula is C17H11Cl2NO2. The average Bonchev–Trinajstić information content (AvgIpc) is 3.00. The van der Waals surface area contributed by atoms with Gasteiger partial charge in [-0.2, -0.15) is 0 Å². The highest BCUT2D eigenvalue weighted by Crippen LogP contribution is 2.29. The van der Waals surface area contributed by atoms with Crippen molar-refractivity contribution >= 4 is 34.8 Å². The summed E-state index contributed by atoms with van der Waals surface area (Å²) in [5.41, 5.74) is 1.39. The predicted molar refractivity (Wildman–Crippen MR) is 88.6 cm³/mol. The van der Waals surface area contributed by atoms with Crippen molar-refractivity contribution in [2.45, 2.75) is 0 Å². The zero-order valence-corrected chi connectivity index (χ0v) is 12.9. The second-order valence-corrected chi connectivity index (χ2v) is 5.45. The molecule has 1 aromatic heterocycles. The molecule has 0 fully saturated rings. The third kappa shape index (κ3) is 3.16. The first kappa shape index (κ1) is 14.7. The number of hydrogen-bond acceptors (Lipinski definition) is 2. The van der Waals surface area contributed by atoms with E-state index in [2.05, 4.69) is 5.32 Å². The van der Waals surface area contributed by atoms with Gasteiger partial charge in [-0.25, -0.2) is 0 Å². The van der Waals surface area contributed by atoms with Gasteiger partial charge < -0.3 is 9.73 Å². The maximum atomic E-state index is 12.2. The van der Waals surface area contributed by atoms with Crippen molar-refractivity contribution in [1.29, 1.82) is 0 Å². The molecule has 2 aromatic carbocycles. The second kappa shape index (κ2) is 6.26. The van der Waals surface area contributed by atoms with E-state index >= 15 is 0 Å². The molecule has 3 aromatic rings. The van der Waals surface area contributed by atoms with Crippen molar-refractivity contribution in [3.8, 4) is 11.3 Å². The van der Waals surface area contributed by atoms with Crippen molar-refractivity contribution in [3.05, 3.63) is 76.5 Å². The van der Waals surface area contributed by atoms with Crippen LogP contribution in [0.15, 0.2) is 65.1 Å². The minimum absolute atomic E-state index is 0.213. The summed E-state index contributed by atoms with van der Waals surface area (Å²) in [6, 6.07) is 17.5. The van der Waals surface area contributed by atoms with Crippen LogP contribution in [0.25, 0.3) is 11.3 Å². The number of furan rings is 1. The highest BCUT2D eigenvalue weighted by atomic mass is 35.5. The molecule has 0 bridgehead atoms. The lowest BCUT2D eigenvalue weighted by molar-refractivity contribution is 0.0997. The van der Waals surface area contributed by atoms with Crippen molar-refractivity contribution in [1.82, 2.24) is 0 Å². The van der Waals surface area contributed by atoms with E-state index in [4.69, 9.17) is 27.6 Å². The van der Waals surface area contributed by atoms with Crippen LogP contribution in [0.5, 0.6) is 0 Å². The van der Waals surface area contributed by atoms with Gasteiger partial charge in [0.2, 0.25) is 0 Å². The number of rotatable bonds is 3. The third-order valence-electron chi connectivity index (χ3n) is 3.07. The molecule has 3 nitrogen and oxygen atoms in total. The van der Waals surface area contributed by atoms with Crippen LogP contribution in [0.2, 0.25) is 10.0 Å². The highest BCUT2D eigenvalue weighted by molar-refractivity contribution is 6.33. The number of carbonyl (C=O) groups is 1. The van der Waals surface area contributed by atoms with Crippen LogP contribution < -0.4 is 5.32 Å². The quantitative estimate of drug-likeness (QED) is 0.687. The van der Waals surface area contributed by atoms with Gasteiger partial charge in [0.1, 0.15) is 5.76 Å². The fourth-order valence-electron chi connectivity index (χ4n) is 1.99. The Hall–Kier alpha value is -2.23. The fraction of sp³-hybridized carbons (Fsp3) is 0. The van der Waals surface area contributed by atoms with Gasteiger partial charge in [0, 0.05) is 16.3 Å². The summed E-state index contributed by atoms with van der Waals surface area (Å²) in [6.07, 6.45) is 0. The molecule has 1 heterocycles. The Kier molecular flexibility index (Phi) is 4.18. The van der Waals surface area contributed by atoms with Gasteiger partial charge in [-0.1, -0.05) is 35.3 Å². The summed E-state index contributed by atoms with van der Waals surface area (Å²) in [5, 5.41) is 3.92.